The SMILES string of the molecule is C[C@@H]1CC[C@@H](C(C)(C)c2ccccc2)[C@H](OC2CC(c3ccccc3)=NO2)C1. The van der Waals surface area contributed by atoms with Crippen LogP contribution < -0.4 is 0 Å². The van der Waals surface area contributed by atoms with Crippen LogP contribution in [-0.2, 0) is 15.0 Å². The van der Waals surface area contributed by atoms with Gasteiger partial charge in [-0.1, -0.05) is 93.0 Å². The van der Waals surface area contributed by atoms with E-state index in [1.54, 1.807) is 0 Å². The lowest BCUT2D eigenvalue weighted by Crippen LogP contribution is -2.44. The molecule has 2 aromatic rings. The van der Waals surface area contributed by atoms with E-state index in [4.69, 9.17) is 9.57 Å². The van der Waals surface area contributed by atoms with Crippen molar-refractivity contribution >= 4 is 5.71 Å². The number of nitrogens with zero attached hydrogens (tertiary/aromatic N) is 1. The molecule has 0 amide bonds. The summed E-state index contributed by atoms with van der Waals surface area (Å²) >= 11 is 0. The van der Waals surface area contributed by atoms with Crippen LogP contribution >= 0.6 is 0 Å². The molecule has 0 aromatic heterocycles. The molecule has 1 heterocycles. The normalized spacial score (nSPS) is 27.9. The van der Waals surface area contributed by atoms with Gasteiger partial charge in [0.05, 0.1) is 18.2 Å². The molecule has 1 fully saturated rings. The molecule has 0 bridgehead atoms. The fourth-order valence-electron chi connectivity index (χ4n) is 4.81. The highest BCUT2D eigenvalue weighted by atomic mass is 16.8. The molecule has 2 aromatic carbocycles. The minimum atomic E-state index is -0.278. The summed E-state index contributed by atoms with van der Waals surface area (Å²) in [4.78, 5) is 5.69. The van der Waals surface area contributed by atoms with Crippen LogP contribution in [0.3, 0.4) is 0 Å². The topological polar surface area (TPSA) is 30.8 Å². The Morgan fingerprint density at radius 2 is 1.64 bits per heavy atom. The predicted molar refractivity (Wildman–Crippen MR) is 113 cm³/mol. The average Bonchev–Trinajstić information content (AvgIpc) is 3.18. The average molecular weight is 378 g/mol. The Hall–Kier alpha value is -2.13. The Morgan fingerprint density at radius 3 is 2.36 bits per heavy atom. The zero-order chi connectivity index (χ0) is 19.6. The van der Waals surface area contributed by atoms with E-state index in [1.165, 1.54) is 18.4 Å². The zero-order valence-corrected chi connectivity index (χ0v) is 17.2. The van der Waals surface area contributed by atoms with Crippen molar-refractivity contribution in [1.29, 1.82) is 0 Å². The summed E-state index contributed by atoms with van der Waals surface area (Å²) in [7, 11) is 0. The van der Waals surface area contributed by atoms with Gasteiger partial charge in [-0.2, -0.15) is 0 Å². The first-order valence-electron chi connectivity index (χ1n) is 10.5. The molecular weight excluding hydrogens is 346 g/mol. The molecule has 2 aliphatic rings. The lowest BCUT2D eigenvalue weighted by Gasteiger charge is -2.44. The highest BCUT2D eigenvalue weighted by molar-refractivity contribution is 6.01. The zero-order valence-electron chi connectivity index (χ0n) is 17.2. The predicted octanol–water partition coefficient (Wildman–Crippen LogP) is 5.94. The number of rotatable bonds is 5. The van der Waals surface area contributed by atoms with Gasteiger partial charge in [-0.15, -0.1) is 0 Å². The van der Waals surface area contributed by atoms with Crippen molar-refractivity contribution in [3.05, 3.63) is 71.8 Å². The molecule has 0 radical (unpaired) electrons. The van der Waals surface area contributed by atoms with Crippen LogP contribution in [0.5, 0.6) is 0 Å². The van der Waals surface area contributed by atoms with Gasteiger partial charge in [-0.3, -0.25) is 0 Å². The first-order chi connectivity index (χ1) is 13.5. The second kappa shape index (κ2) is 8.08. The Labute approximate surface area is 168 Å². The van der Waals surface area contributed by atoms with Crippen molar-refractivity contribution < 1.29 is 9.57 Å². The van der Waals surface area contributed by atoms with Crippen LogP contribution in [0, 0.1) is 11.8 Å². The minimum Gasteiger partial charge on any atom is -0.363 e. The van der Waals surface area contributed by atoms with Gasteiger partial charge in [0.1, 0.15) is 0 Å². The van der Waals surface area contributed by atoms with Crippen molar-refractivity contribution in [3.8, 4) is 0 Å². The van der Waals surface area contributed by atoms with Crippen LogP contribution in [0.25, 0.3) is 0 Å². The van der Waals surface area contributed by atoms with E-state index in [0.29, 0.717) is 18.3 Å². The van der Waals surface area contributed by atoms with Gasteiger partial charge in [-0.25, -0.2) is 0 Å². The van der Waals surface area contributed by atoms with Crippen molar-refractivity contribution in [2.24, 2.45) is 17.0 Å². The number of oxime groups is 1. The third kappa shape index (κ3) is 4.00. The molecule has 3 nitrogen and oxygen atoms in total. The monoisotopic (exact) mass is 377 g/mol. The van der Waals surface area contributed by atoms with E-state index >= 15 is 0 Å². The summed E-state index contributed by atoms with van der Waals surface area (Å²) in [5.74, 6) is 1.15. The second-order valence-corrected chi connectivity index (χ2v) is 8.93. The van der Waals surface area contributed by atoms with Crippen LogP contribution in [0.15, 0.2) is 65.8 Å². The third-order valence-electron chi connectivity index (χ3n) is 6.57. The molecule has 1 saturated carbocycles. The van der Waals surface area contributed by atoms with Gasteiger partial charge in [0.2, 0.25) is 6.29 Å². The first-order valence-corrected chi connectivity index (χ1v) is 10.5. The largest absolute Gasteiger partial charge is 0.363 e. The van der Waals surface area contributed by atoms with E-state index in [1.807, 2.05) is 18.2 Å². The Morgan fingerprint density at radius 1 is 0.964 bits per heavy atom. The van der Waals surface area contributed by atoms with Crippen LogP contribution in [0.4, 0.5) is 0 Å². The van der Waals surface area contributed by atoms with Gasteiger partial charge in [0.15, 0.2) is 0 Å². The van der Waals surface area contributed by atoms with E-state index in [0.717, 1.165) is 17.7 Å². The molecule has 1 aliphatic heterocycles. The number of hydrogen-bond acceptors (Lipinski definition) is 3. The van der Waals surface area contributed by atoms with Gasteiger partial charge < -0.3 is 9.57 Å². The maximum absolute atomic E-state index is 6.56. The summed E-state index contributed by atoms with van der Waals surface area (Å²) < 4.78 is 6.56. The van der Waals surface area contributed by atoms with E-state index in [9.17, 15) is 0 Å². The van der Waals surface area contributed by atoms with Crippen molar-refractivity contribution in [2.75, 3.05) is 0 Å². The fraction of sp³-hybridized carbons (Fsp3) is 0.480. The molecular formula is C25H31NO2. The van der Waals surface area contributed by atoms with Crippen LogP contribution in [0.2, 0.25) is 0 Å². The Balaban J connectivity index is 1.47. The lowest BCUT2D eigenvalue weighted by atomic mass is 9.64. The molecule has 4 rings (SSSR count). The standard InChI is InChI=1S/C25H31NO2/c1-18-14-15-21(25(2,3)20-12-8-5-9-13-20)23(16-18)27-24-17-22(26-28-24)19-10-6-4-7-11-19/h4-13,18,21,23-24H,14-17H2,1-3H3/t18-,21-,23-,24?/m1/s1. The summed E-state index contributed by atoms with van der Waals surface area (Å²) in [6, 6.07) is 21.1. The van der Waals surface area contributed by atoms with E-state index in [-0.39, 0.29) is 17.8 Å². The fourth-order valence-corrected chi connectivity index (χ4v) is 4.81. The molecule has 148 valence electrons. The number of ether oxygens (including phenoxy) is 1. The summed E-state index contributed by atoms with van der Waals surface area (Å²) in [5.41, 5.74) is 3.55. The quantitative estimate of drug-likeness (QED) is 0.646. The van der Waals surface area contributed by atoms with E-state index in [2.05, 4.69) is 68.4 Å². The summed E-state index contributed by atoms with van der Waals surface area (Å²) in [6.07, 6.45) is 4.16. The Bertz CT molecular complexity index is 800. The highest BCUT2D eigenvalue weighted by Crippen LogP contribution is 2.44. The second-order valence-electron chi connectivity index (χ2n) is 8.93. The van der Waals surface area contributed by atoms with Crippen molar-refractivity contribution in [3.63, 3.8) is 0 Å². The van der Waals surface area contributed by atoms with Gasteiger partial charge in [0.25, 0.3) is 0 Å². The van der Waals surface area contributed by atoms with Crippen LogP contribution in [-0.4, -0.2) is 18.1 Å². The van der Waals surface area contributed by atoms with E-state index < -0.39 is 0 Å². The van der Waals surface area contributed by atoms with Gasteiger partial charge >= 0.3 is 0 Å². The summed E-state index contributed by atoms with van der Waals surface area (Å²) in [5, 5.41) is 4.31. The molecule has 3 heteroatoms. The number of benzene rings is 2. The molecule has 1 unspecified atom stereocenters. The van der Waals surface area contributed by atoms with Crippen molar-refractivity contribution in [1.82, 2.24) is 0 Å². The smallest absolute Gasteiger partial charge is 0.232 e. The number of hydrogen-bond donors (Lipinski definition) is 0. The third-order valence-corrected chi connectivity index (χ3v) is 6.57. The molecule has 0 spiro atoms. The highest BCUT2D eigenvalue weighted by Gasteiger charge is 2.42. The molecule has 0 N–H and O–H groups in total. The lowest BCUT2D eigenvalue weighted by molar-refractivity contribution is -0.185. The molecule has 28 heavy (non-hydrogen) atoms. The molecule has 4 atom stereocenters. The maximum Gasteiger partial charge on any atom is 0.232 e. The Kier molecular flexibility index (Phi) is 5.54. The van der Waals surface area contributed by atoms with Gasteiger partial charge in [0, 0.05) is 0 Å². The molecule has 0 saturated heterocycles. The van der Waals surface area contributed by atoms with Gasteiger partial charge in [-0.05, 0) is 41.2 Å². The minimum absolute atomic E-state index is 0.0633. The maximum atomic E-state index is 6.56. The first kappa shape index (κ1) is 19.2. The molecule has 1 aliphatic carbocycles. The van der Waals surface area contributed by atoms with Crippen LogP contribution in [0.1, 0.15) is 57.6 Å². The van der Waals surface area contributed by atoms with Crippen molar-refractivity contribution in [2.45, 2.75) is 64.3 Å². The summed E-state index contributed by atoms with van der Waals surface area (Å²) in [6.45, 7) is 7.06.